The van der Waals surface area contributed by atoms with Crippen LogP contribution in [0.2, 0.25) is 0 Å². The number of fused-ring (bicyclic) bond motifs is 1. The quantitative estimate of drug-likeness (QED) is 0.498. The Balaban J connectivity index is 2.58. The molecule has 0 unspecified atom stereocenters. The van der Waals surface area contributed by atoms with Crippen LogP contribution in [0.25, 0.3) is 0 Å². The second-order valence-corrected chi connectivity index (χ2v) is 1.84. The first-order chi connectivity index (χ1) is 4.77. The Bertz CT molecular complexity index is 285. The molecular weight excluding hydrogens is 134 g/mol. The van der Waals surface area contributed by atoms with Crippen molar-refractivity contribution in [2.45, 2.75) is 6.29 Å². The Labute approximate surface area is 55.7 Å². The molecule has 0 amide bonds. The van der Waals surface area contributed by atoms with Crippen molar-refractivity contribution in [3.8, 4) is 0 Å². The molecule has 0 radical (unpaired) electrons. The predicted molar refractivity (Wildman–Crippen MR) is 32.2 cm³/mol. The molecule has 10 heavy (non-hydrogen) atoms. The van der Waals surface area contributed by atoms with E-state index in [0.29, 0.717) is 5.95 Å². The van der Waals surface area contributed by atoms with Crippen molar-refractivity contribution >= 4 is 11.9 Å². The maximum Gasteiger partial charge on any atom is 0.272 e. The number of nitrogens with zero attached hydrogens (tertiary/aromatic N) is 5. The van der Waals surface area contributed by atoms with Gasteiger partial charge in [-0.15, -0.1) is 15.3 Å². The number of nitrogens with two attached hydrogens (primary N) is 2. The Hall–Kier alpha value is -1.50. The van der Waals surface area contributed by atoms with Crippen LogP contribution in [-0.2, 0) is 0 Å². The minimum atomic E-state index is -0.556. The molecule has 0 bridgehead atoms. The number of hydrogen-bond donors (Lipinski definition) is 2. The average Bonchev–Trinajstić information content (AvgIpc) is 2.35. The zero-order valence-corrected chi connectivity index (χ0v) is 4.97. The summed E-state index contributed by atoms with van der Waals surface area (Å²) in [7, 11) is 0. The molecule has 52 valence electrons. The van der Waals surface area contributed by atoms with E-state index in [9.17, 15) is 0 Å². The first kappa shape index (κ1) is 5.30. The molecule has 1 aliphatic heterocycles. The second kappa shape index (κ2) is 1.51. The normalized spacial score (nSPS) is 21.5. The second-order valence-electron chi connectivity index (χ2n) is 1.84. The van der Waals surface area contributed by atoms with Crippen molar-refractivity contribution in [1.29, 1.82) is 0 Å². The summed E-state index contributed by atoms with van der Waals surface area (Å²) in [5, 5.41) is 10.9. The molecule has 0 aromatic carbocycles. The Morgan fingerprint density at radius 3 is 3.00 bits per heavy atom. The lowest BCUT2D eigenvalue weighted by molar-refractivity contribution is 0.515. The van der Waals surface area contributed by atoms with Gasteiger partial charge in [-0.1, -0.05) is 0 Å². The summed E-state index contributed by atoms with van der Waals surface area (Å²) in [5.41, 5.74) is 10.7. The number of anilines is 1. The van der Waals surface area contributed by atoms with Crippen molar-refractivity contribution in [2.75, 3.05) is 5.73 Å². The highest BCUT2D eigenvalue weighted by Crippen LogP contribution is 2.21. The zero-order chi connectivity index (χ0) is 7.14. The maximum atomic E-state index is 5.40. The number of nitrogen functional groups attached to an aromatic ring is 1. The van der Waals surface area contributed by atoms with Gasteiger partial charge in [0.1, 0.15) is 0 Å². The molecule has 0 saturated heterocycles. The topological polar surface area (TPSA) is 107 Å². The molecule has 7 nitrogen and oxygen atoms in total. The minimum Gasteiger partial charge on any atom is -0.366 e. The van der Waals surface area contributed by atoms with E-state index in [0.717, 1.165) is 0 Å². The molecule has 0 fully saturated rings. The Morgan fingerprint density at radius 2 is 2.30 bits per heavy atom. The Kier molecular flexibility index (Phi) is 0.798. The molecule has 1 aromatic rings. The number of aromatic nitrogens is 3. The molecule has 1 aromatic heterocycles. The van der Waals surface area contributed by atoms with Crippen LogP contribution in [-0.4, -0.2) is 14.8 Å². The largest absolute Gasteiger partial charge is 0.366 e. The standard InChI is InChI=1S/C3H5N7/c4-1-6-3-8-7-2(5)10(3)9-1/h2H,5H2,(H2,4,9)/t2-/m1/s1. The van der Waals surface area contributed by atoms with Gasteiger partial charge in [0.25, 0.3) is 5.95 Å². The lowest BCUT2D eigenvalue weighted by Crippen LogP contribution is -2.13. The van der Waals surface area contributed by atoms with Gasteiger partial charge in [-0.25, -0.2) is 0 Å². The van der Waals surface area contributed by atoms with E-state index in [2.05, 4.69) is 20.3 Å². The van der Waals surface area contributed by atoms with Gasteiger partial charge in [-0.05, 0) is 0 Å². The van der Waals surface area contributed by atoms with Gasteiger partial charge >= 0.3 is 0 Å². The lowest BCUT2D eigenvalue weighted by atomic mass is 10.9. The van der Waals surface area contributed by atoms with E-state index < -0.39 is 6.29 Å². The monoisotopic (exact) mass is 139 g/mol. The van der Waals surface area contributed by atoms with Gasteiger partial charge in [0.05, 0.1) is 0 Å². The van der Waals surface area contributed by atoms with E-state index >= 15 is 0 Å². The molecule has 2 rings (SSSR count). The summed E-state index contributed by atoms with van der Waals surface area (Å²) in [4.78, 5) is 3.73. The third-order valence-electron chi connectivity index (χ3n) is 1.15. The van der Waals surface area contributed by atoms with Crippen LogP contribution in [0.4, 0.5) is 11.9 Å². The zero-order valence-electron chi connectivity index (χ0n) is 4.97. The van der Waals surface area contributed by atoms with Crippen LogP contribution in [0, 0.1) is 0 Å². The summed E-state index contributed by atoms with van der Waals surface area (Å²) in [6.45, 7) is 0. The van der Waals surface area contributed by atoms with Crippen molar-refractivity contribution in [3.63, 3.8) is 0 Å². The van der Waals surface area contributed by atoms with Gasteiger partial charge < -0.3 is 5.73 Å². The maximum absolute atomic E-state index is 5.40. The Morgan fingerprint density at radius 1 is 1.50 bits per heavy atom. The highest BCUT2D eigenvalue weighted by molar-refractivity contribution is 5.26. The van der Waals surface area contributed by atoms with E-state index in [1.165, 1.54) is 4.68 Å². The minimum absolute atomic E-state index is 0.170. The number of rotatable bonds is 0. The van der Waals surface area contributed by atoms with Crippen molar-refractivity contribution < 1.29 is 0 Å². The van der Waals surface area contributed by atoms with Crippen LogP contribution >= 0.6 is 0 Å². The third kappa shape index (κ3) is 0.517. The predicted octanol–water partition coefficient (Wildman–Crippen LogP) is -0.628. The summed E-state index contributed by atoms with van der Waals surface area (Å²) in [6.07, 6.45) is -0.556. The van der Waals surface area contributed by atoms with E-state index in [1.54, 1.807) is 0 Å². The fourth-order valence-corrected chi connectivity index (χ4v) is 0.736. The van der Waals surface area contributed by atoms with Crippen LogP contribution < -0.4 is 11.5 Å². The lowest BCUT2D eigenvalue weighted by Gasteiger charge is -1.95. The van der Waals surface area contributed by atoms with Gasteiger partial charge in [-0.3, -0.25) is 5.73 Å². The summed E-state index contributed by atoms with van der Waals surface area (Å²) in [5.74, 6) is 0.536. The van der Waals surface area contributed by atoms with Gasteiger partial charge in [0.15, 0.2) is 0 Å². The van der Waals surface area contributed by atoms with E-state index in [1.807, 2.05) is 0 Å². The molecule has 0 spiro atoms. The highest BCUT2D eigenvalue weighted by atomic mass is 15.6. The molecule has 7 heteroatoms. The fourth-order valence-electron chi connectivity index (χ4n) is 0.736. The fraction of sp³-hybridized carbons (Fsp3) is 0.333. The number of azo groups is 1. The third-order valence-corrected chi connectivity index (χ3v) is 1.15. The van der Waals surface area contributed by atoms with Crippen LogP contribution in [0.3, 0.4) is 0 Å². The molecular formula is C3H5N7. The van der Waals surface area contributed by atoms with E-state index in [4.69, 9.17) is 11.5 Å². The van der Waals surface area contributed by atoms with Crippen LogP contribution in [0.15, 0.2) is 10.2 Å². The van der Waals surface area contributed by atoms with E-state index in [-0.39, 0.29) is 5.95 Å². The molecule has 0 aliphatic carbocycles. The summed E-state index contributed by atoms with van der Waals surface area (Å²) >= 11 is 0. The van der Waals surface area contributed by atoms with Crippen molar-refractivity contribution in [1.82, 2.24) is 14.8 Å². The first-order valence-electron chi connectivity index (χ1n) is 2.66. The van der Waals surface area contributed by atoms with Crippen LogP contribution in [0.5, 0.6) is 0 Å². The first-order valence-corrected chi connectivity index (χ1v) is 2.66. The summed E-state index contributed by atoms with van der Waals surface area (Å²) in [6, 6.07) is 0. The number of hydrogen-bond acceptors (Lipinski definition) is 6. The van der Waals surface area contributed by atoms with Gasteiger partial charge in [0, 0.05) is 0 Å². The SMILES string of the molecule is Nc1nc2n(n1)[C@H](N)N=N2. The van der Waals surface area contributed by atoms with Gasteiger partial charge in [0.2, 0.25) is 12.2 Å². The van der Waals surface area contributed by atoms with Gasteiger partial charge in [-0.2, -0.15) is 9.67 Å². The molecule has 0 saturated carbocycles. The smallest absolute Gasteiger partial charge is 0.272 e. The van der Waals surface area contributed by atoms with Crippen LogP contribution in [0.1, 0.15) is 6.29 Å². The highest BCUT2D eigenvalue weighted by Gasteiger charge is 2.18. The molecule has 2 heterocycles. The van der Waals surface area contributed by atoms with Crippen molar-refractivity contribution in [2.24, 2.45) is 16.0 Å². The molecule has 4 N–H and O–H groups in total. The average molecular weight is 139 g/mol. The molecule has 1 atom stereocenters. The van der Waals surface area contributed by atoms with Crippen molar-refractivity contribution in [3.05, 3.63) is 0 Å². The summed E-state index contributed by atoms with van der Waals surface area (Å²) < 4.78 is 1.36. The molecule has 1 aliphatic rings.